The van der Waals surface area contributed by atoms with Gasteiger partial charge < -0.3 is 10.1 Å². The predicted molar refractivity (Wildman–Crippen MR) is 94.8 cm³/mol. The van der Waals surface area contributed by atoms with Crippen molar-refractivity contribution in [1.82, 2.24) is 0 Å². The molecule has 0 amide bonds. The largest absolute Gasteiger partial charge is 0.491 e. The fraction of sp³-hybridized carbons (Fsp3) is 0.400. The normalized spacial score (nSPS) is 12.0. The first kappa shape index (κ1) is 16.4. The Labute approximate surface area is 134 Å². The summed E-state index contributed by atoms with van der Waals surface area (Å²) in [4.78, 5) is 0. The summed E-state index contributed by atoms with van der Waals surface area (Å²) >= 11 is 0. The fourth-order valence-corrected chi connectivity index (χ4v) is 2.65. The van der Waals surface area contributed by atoms with Crippen LogP contribution in [-0.4, -0.2) is 6.10 Å². The summed E-state index contributed by atoms with van der Waals surface area (Å²) in [5, 5.41) is 3.56. The third kappa shape index (κ3) is 4.27. The summed E-state index contributed by atoms with van der Waals surface area (Å²) in [6, 6.07) is 12.8. The molecule has 22 heavy (non-hydrogen) atoms. The van der Waals surface area contributed by atoms with Gasteiger partial charge >= 0.3 is 0 Å². The van der Waals surface area contributed by atoms with Gasteiger partial charge in [-0.1, -0.05) is 36.8 Å². The smallest absolute Gasteiger partial charge is 0.119 e. The Hall–Kier alpha value is -1.96. The molecule has 1 N–H and O–H groups in total. The van der Waals surface area contributed by atoms with Crippen molar-refractivity contribution in [2.75, 3.05) is 5.32 Å². The van der Waals surface area contributed by atoms with Crippen molar-refractivity contribution in [3.8, 4) is 5.75 Å². The van der Waals surface area contributed by atoms with E-state index >= 15 is 0 Å². The second-order valence-corrected chi connectivity index (χ2v) is 6.11. The van der Waals surface area contributed by atoms with Gasteiger partial charge in [0.15, 0.2) is 0 Å². The van der Waals surface area contributed by atoms with Gasteiger partial charge in [0.25, 0.3) is 0 Å². The molecule has 0 saturated carbocycles. The lowest BCUT2D eigenvalue weighted by atomic mass is 10.0. The maximum absolute atomic E-state index is 5.81. The second-order valence-electron chi connectivity index (χ2n) is 6.11. The van der Waals surface area contributed by atoms with Crippen LogP contribution in [0.25, 0.3) is 0 Å². The van der Waals surface area contributed by atoms with Crippen LogP contribution in [0.1, 0.15) is 42.5 Å². The molecule has 2 aromatic carbocycles. The topological polar surface area (TPSA) is 21.3 Å². The lowest BCUT2D eigenvalue weighted by Gasteiger charge is -2.15. The highest BCUT2D eigenvalue weighted by molar-refractivity contribution is 5.58. The average Bonchev–Trinajstić information content (AvgIpc) is 2.47. The van der Waals surface area contributed by atoms with Gasteiger partial charge in [-0.3, -0.25) is 0 Å². The minimum atomic E-state index is 0.266. The van der Waals surface area contributed by atoms with Crippen LogP contribution in [0.3, 0.4) is 0 Å². The molecule has 2 nitrogen and oxygen atoms in total. The molecule has 0 aromatic heterocycles. The molecule has 2 rings (SSSR count). The van der Waals surface area contributed by atoms with E-state index in [0.29, 0.717) is 0 Å². The average molecular weight is 297 g/mol. The third-order valence-electron chi connectivity index (χ3n) is 3.98. The number of hydrogen-bond donors (Lipinski definition) is 1. The summed E-state index contributed by atoms with van der Waals surface area (Å²) in [6.07, 6.45) is 1.29. The van der Waals surface area contributed by atoms with Gasteiger partial charge in [-0.25, -0.2) is 0 Å². The number of benzene rings is 2. The Balaban J connectivity index is 2.00. The van der Waals surface area contributed by atoms with Gasteiger partial charge in [0.05, 0.1) is 6.10 Å². The molecule has 0 fully saturated rings. The van der Waals surface area contributed by atoms with Crippen molar-refractivity contribution in [2.24, 2.45) is 0 Å². The van der Waals surface area contributed by atoms with Crippen molar-refractivity contribution in [3.05, 3.63) is 58.7 Å². The standard InChI is InChI=1S/C20H27NO/c1-6-17(5)22-19-9-7-18(8-10-19)13-21-20-15(3)11-14(2)12-16(20)4/h7-12,17,21H,6,13H2,1-5H3. The Morgan fingerprint density at radius 3 is 2.14 bits per heavy atom. The minimum Gasteiger partial charge on any atom is -0.491 e. The molecule has 0 radical (unpaired) electrons. The Morgan fingerprint density at radius 1 is 1.00 bits per heavy atom. The number of rotatable bonds is 6. The van der Waals surface area contributed by atoms with E-state index in [1.54, 1.807) is 0 Å². The van der Waals surface area contributed by atoms with Crippen LogP contribution >= 0.6 is 0 Å². The summed E-state index contributed by atoms with van der Waals surface area (Å²) < 4.78 is 5.81. The highest BCUT2D eigenvalue weighted by atomic mass is 16.5. The fourth-order valence-electron chi connectivity index (χ4n) is 2.65. The van der Waals surface area contributed by atoms with E-state index in [1.165, 1.54) is 27.9 Å². The van der Waals surface area contributed by atoms with E-state index < -0.39 is 0 Å². The Kier molecular flexibility index (Phi) is 5.48. The van der Waals surface area contributed by atoms with Gasteiger partial charge in [-0.15, -0.1) is 0 Å². The molecule has 2 aromatic rings. The second kappa shape index (κ2) is 7.35. The lowest BCUT2D eigenvalue weighted by Crippen LogP contribution is -2.09. The zero-order valence-electron chi connectivity index (χ0n) is 14.4. The van der Waals surface area contributed by atoms with Crippen LogP contribution in [-0.2, 0) is 6.54 Å². The number of aryl methyl sites for hydroxylation is 3. The monoisotopic (exact) mass is 297 g/mol. The van der Waals surface area contributed by atoms with Gasteiger partial charge in [-0.05, 0) is 62.9 Å². The first-order valence-electron chi connectivity index (χ1n) is 8.07. The molecular weight excluding hydrogens is 270 g/mol. The minimum absolute atomic E-state index is 0.266. The Bertz CT molecular complexity index is 593. The van der Waals surface area contributed by atoms with Crippen LogP contribution in [0.15, 0.2) is 36.4 Å². The molecule has 0 heterocycles. The first-order valence-corrected chi connectivity index (χ1v) is 8.07. The van der Waals surface area contributed by atoms with E-state index in [1.807, 2.05) is 0 Å². The maximum Gasteiger partial charge on any atom is 0.119 e. The molecule has 2 heteroatoms. The zero-order valence-corrected chi connectivity index (χ0v) is 14.4. The Morgan fingerprint density at radius 2 is 1.59 bits per heavy atom. The maximum atomic E-state index is 5.81. The summed E-state index contributed by atoms with van der Waals surface area (Å²) in [5.74, 6) is 0.945. The summed E-state index contributed by atoms with van der Waals surface area (Å²) in [5.41, 5.74) is 6.41. The molecule has 118 valence electrons. The molecule has 1 atom stereocenters. The van der Waals surface area contributed by atoms with E-state index in [-0.39, 0.29) is 6.10 Å². The highest BCUT2D eigenvalue weighted by Crippen LogP contribution is 2.23. The first-order chi connectivity index (χ1) is 10.5. The van der Waals surface area contributed by atoms with E-state index in [4.69, 9.17) is 4.74 Å². The molecule has 0 aliphatic carbocycles. The van der Waals surface area contributed by atoms with Crippen molar-refractivity contribution in [3.63, 3.8) is 0 Å². The van der Waals surface area contributed by atoms with Crippen molar-refractivity contribution >= 4 is 5.69 Å². The number of ether oxygens (including phenoxy) is 1. The molecule has 0 saturated heterocycles. The molecular formula is C20H27NO. The zero-order chi connectivity index (χ0) is 16.1. The molecule has 0 spiro atoms. The highest BCUT2D eigenvalue weighted by Gasteiger charge is 2.04. The molecule has 1 unspecified atom stereocenters. The van der Waals surface area contributed by atoms with E-state index in [9.17, 15) is 0 Å². The van der Waals surface area contributed by atoms with Crippen LogP contribution in [0, 0.1) is 20.8 Å². The number of anilines is 1. The van der Waals surface area contributed by atoms with E-state index in [0.717, 1.165) is 18.7 Å². The quantitative estimate of drug-likeness (QED) is 0.770. The van der Waals surface area contributed by atoms with Gasteiger partial charge in [-0.2, -0.15) is 0 Å². The van der Waals surface area contributed by atoms with Gasteiger partial charge in [0.1, 0.15) is 5.75 Å². The van der Waals surface area contributed by atoms with Gasteiger partial charge in [0.2, 0.25) is 0 Å². The van der Waals surface area contributed by atoms with Gasteiger partial charge in [0, 0.05) is 12.2 Å². The molecule has 0 aliphatic rings. The van der Waals surface area contributed by atoms with Crippen LogP contribution in [0.4, 0.5) is 5.69 Å². The predicted octanol–water partition coefficient (Wildman–Crippen LogP) is 5.40. The van der Waals surface area contributed by atoms with Crippen molar-refractivity contribution in [2.45, 2.75) is 53.7 Å². The summed E-state index contributed by atoms with van der Waals surface area (Å²) in [6.45, 7) is 11.5. The molecule has 0 bridgehead atoms. The van der Waals surface area contributed by atoms with Crippen molar-refractivity contribution in [1.29, 1.82) is 0 Å². The van der Waals surface area contributed by atoms with Crippen LogP contribution in [0.2, 0.25) is 0 Å². The lowest BCUT2D eigenvalue weighted by molar-refractivity contribution is 0.217. The third-order valence-corrected chi connectivity index (χ3v) is 3.98. The summed E-state index contributed by atoms with van der Waals surface area (Å²) in [7, 11) is 0. The van der Waals surface area contributed by atoms with Crippen molar-refractivity contribution < 1.29 is 4.74 Å². The number of nitrogens with one attached hydrogen (secondary N) is 1. The molecule has 0 aliphatic heterocycles. The SMILES string of the molecule is CCC(C)Oc1ccc(CNc2c(C)cc(C)cc2C)cc1. The van der Waals surface area contributed by atoms with Crippen LogP contribution < -0.4 is 10.1 Å². The van der Waals surface area contributed by atoms with Crippen LogP contribution in [0.5, 0.6) is 5.75 Å². The number of hydrogen-bond acceptors (Lipinski definition) is 2. The van der Waals surface area contributed by atoms with E-state index in [2.05, 4.69) is 76.3 Å².